The maximum absolute atomic E-state index is 6.41. The Morgan fingerprint density at radius 3 is 1.05 bits per heavy atom. The molecule has 0 saturated heterocycles. The molecule has 0 fully saturated rings. The second kappa shape index (κ2) is 25.4. The van der Waals surface area contributed by atoms with E-state index in [2.05, 4.69) is 206 Å². The molecule has 0 amide bonds. The fourth-order valence-corrected chi connectivity index (χ4v) is 19.2. The third-order valence-corrected chi connectivity index (χ3v) is 24.2. The molecule has 22 aromatic rings. The van der Waals surface area contributed by atoms with Crippen LogP contribution in [-0.4, -0.2) is 39.9 Å². The maximum Gasteiger partial charge on any atom is 0.164 e. The van der Waals surface area contributed by atoms with Gasteiger partial charge >= 0.3 is 0 Å². The van der Waals surface area contributed by atoms with E-state index in [1.165, 1.54) is 39.0 Å². The molecule has 14 aromatic carbocycles. The first-order valence-electron chi connectivity index (χ1n) is 34.8. The zero-order chi connectivity index (χ0) is 69.8. The Hall–Kier alpha value is -13.1. The quantitative estimate of drug-likeness (QED) is 0.130. The van der Waals surface area contributed by atoms with Crippen LogP contribution in [0.4, 0.5) is 0 Å². The number of hydrogen-bond acceptors (Lipinski definition) is 14. The van der Waals surface area contributed by atoms with E-state index in [1.807, 2.05) is 109 Å². The molecule has 0 aliphatic heterocycles. The van der Waals surface area contributed by atoms with Crippen molar-refractivity contribution >= 4 is 150 Å². The average molecular weight is 1430 g/mol. The van der Waals surface area contributed by atoms with Gasteiger partial charge in [-0.05, 0) is 65.7 Å². The molecule has 10 nitrogen and oxygen atoms in total. The number of para-hydroxylation sites is 6. The van der Waals surface area contributed by atoms with Crippen molar-refractivity contribution in [2.24, 2.45) is 0 Å². The van der Waals surface area contributed by atoms with Crippen molar-refractivity contribution in [2.75, 3.05) is 0 Å². The first kappa shape index (κ1) is 61.6. The Morgan fingerprint density at radius 1 is 0.208 bits per heavy atom. The van der Waals surface area contributed by atoms with Gasteiger partial charge in [-0.2, -0.15) is 0 Å². The number of nitrogens with zero attached hydrogens (tertiary/aromatic N) is 8. The molecule has 0 saturated carbocycles. The molecule has 0 aliphatic carbocycles. The van der Waals surface area contributed by atoms with E-state index >= 15 is 0 Å². The molecule has 0 radical (unpaired) electrons. The summed E-state index contributed by atoms with van der Waals surface area (Å²) in [6.45, 7) is 0. The highest BCUT2D eigenvalue weighted by molar-refractivity contribution is 7.28. The van der Waals surface area contributed by atoms with Crippen LogP contribution in [0.25, 0.3) is 216 Å². The molecule has 8 aromatic heterocycles. The number of aromatic nitrogens is 8. The van der Waals surface area contributed by atoms with Crippen LogP contribution in [-0.2, 0) is 0 Å². The van der Waals surface area contributed by atoms with Crippen LogP contribution in [0.5, 0.6) is 0 Å². The lowest BCUT2D eigenvalue weighted by atomic mass is 10.00. The van der Waals surface area contributed by atoms with Crippen molar-refractivity contribution in [1.82, 2.24) is 39.9 Å². The van der Waals surface area contributed by atoms with Crippen molar-refractivity contribution in [3.8, 4) is 112 Å². The molecule has 106 heavy (non-hydrogen) atoms. The maximum atomic E-state index is 6.41. The van der Waals surface area contributed by atoms with Gasteiger partial charge in [0, 0.05) is 118 Å². The van der Waals surface area contributed by atoms with Gasteiger partial charge in [0.05, 0.1) is 20.4 Å². The van der Waals surface area contributed by atoms with Crippen LogP contribution in [0.1, 0.15) is 0 Å². The fraction of sp³-hybridized carbons (Fsp3) is 0. The molecule has 0 N–H and O–H groups in total. The third kappa shape index (κ3) is 10.6. The summed E-state index contributed by atoms with van der Waals surface area (Å²) in [7, 11) is 0. The van der Waals surface area contributed by atoms with Gasteiger partial charge in [0.25, 0.3) is 0 Å². The second-order valence-electron chi connectivity index (χ2n) is 26.0. The predicted octanol–water partition coefficient (Wildman–Crippen LogP) is 26.2. The van der Waals surface area contributed by atoms with Crippen molar-refractivity contribution in [1.29, 1.82) is 0 Å². The first-order chi connectivity index (χ1) is 52.5. The minimum atomic E-state index is 0.610. The van der Waals surface area contributed by atoms with Crippen molar-refractivity contribution in [3.05, 3.63) is 315 Å². The van der Waals surface area contributed by atoms with Crippen LogP contribution in [0, 0.1) is 0 Å². The minimum absolute atomic E-state index is 0.610. The SMILES string of the molecule is c1ccc(-c2nc(-c3ccc(-c4cccc5c4oc4ccccc45)cc3)nc(-c3cccc4sc5c(-c6nc7ccccc7s6)cccc5c34)n2)cc1.c1ccc(-c2nc(-c3cccc(-c4cccc5c4oc4ccccc45)c3)nc(-c3cccc4sc5c(-c6nc7ccccc7s6)cccc5c34)n2)cc1. The Bertz CT molecular complexity index is 7170. The molecule has 496 valence electrons. The van der Waals surface area contributed by atoms with E-state index in [9.17, 15) is 0 Å². The summed E-state index contributed by atoms with van der Waals surface area (Å²) < 4.78 is 19.9. The fourth-order valence-electron chi connectivity index (χ4n) is 14.6. The van der Waals surface area contributed by atoms with Crippen LogP contribution < -0.4 is 0 Å². The molecule has 14 heteroatoms. The van der Waals surface area contributed by atoms with Gasteiger partial charge in [-0.15, -0.1) is 45.3 Å². The summed E-state index contributed by atoms with van der Waals surface area (Å²) >= 11 is 7.05. The van der Waals surface area contributed by atoms with Gasteiger partial charge in [-0.25, -0.2) is 39.9 Å². The van der Waals surface area contributed by atoms with E-state index in [-0.39, 0.29) is 0 Å². The number of thiophene rings is 2. The number of thiazole rings is 2. The van der Waals surface area contributed by atoms with Gasteiger partial charge in [0.2, 0.25) is 0 Å². The van der Waals surface area contributed by atoms with E-state index < -0.39 is 0 Å². The number of rotatable bonds is 10. The number of fused-ring (bicyclic) bond motifs is 14. The summed E-state index contributed by atoms with van der Waals surface area (Å²) in [4.78, 5) is 40.8. The average Bonchev–Trinajstić information content (AvgIpc) is 1.53. The zero-order valence-electron chi connectivity index (χ0n) is 56.0. The van der Waals surface area contributed by atoms with Crippen LogP contribution in [0.3, 0.4) is 0 Å². The van der Waals surface area contributed by atoms with E-state index in [0.29, 0.717) is 34.9 Å². The predicted molar refractivity (Wildman–Crippen MR) is 441 cm³/mol. The summed E-state index contributed by atoms with van der Waals surface area (Å²) in [6.07, 6.45) is 0. The monoisotopic (exact) mass is 1430 g/mol. The molecular formula is C92H52N8O2S4. The van der Waals surface area contributed by atoms with E-state index in [0.717, 1.165) is 142 Å². The highest BCUT2D eigenvalue weighted by Gasteiger charge is 2.24. The van der Waals surface area contributed by atoms with Crippen LogP contribution in [0.2, 0.25) is 0 Å². The van der Waals surface area contributed by atoms with Gasteiger partial charge in [0.1, 0.15) is 32.3 Å². The number of benzene rings is 14. The minimum Gasteiger partial charge on any atom is -0.455 e. The second-order valence-corrected chi connectivity index (χ2v) is 30.1. The largest absolute Gasteiger partial charge is 0.455 e. The van der Waals surface area contributed by atoms with Gasteiger partial charge < -0.3 is 8.83 Å². The topological polar surface area (TPSA) is 129 Å². The molecular weight excluding hydrogens is 1380 g/mol. The molecule has 0 spiro atoms. The van der Waals surface area contributed by atoms with Crippen molar-refractivity contribution in [3.63, 3.8) is 0 Å². The smallest absolute Gasteiger partial charge is 0.164 e. The summed E-state index contributed by atoms with van der Waals surface area (Å²) in [5, 5.41) is 11.1. The lowest BCUT2D eigenvalue weighted by Crippen LogP contribution is -2.00. The van der Waals surface area contributed by atoms with Gasteiger partial charge in [-0.3, -0.25) is 0 Å². The van der Waals surface area contributed by atoms with Crippen LogP contribution >= 0.6 is 45.3 Å². The van der Waals surface area contributed by atoms with Gasteiger partial charge in [0.15, 0.2) is 34.9 Å². The Balaban J connectivity index is 0.000000136. The molecule has 0 unspecified atom stereocenters. The number of hydrogen-bond donors (Lipinski definition) is 0. The molecule has 0 bridgehead atoms. The third-order valence-electron chi connectivity index (χ3n) is 19.6. The normalized spacial score (nSPS) is 11.8. The Labute approximate surface area is 621 Å². The van der Waals surface area contributed by atoms with Crippen LogP contribution in [0.15, 0.2) is 324 Å². The summed E-state index contributed by atoms with van der Waals surface area (Å²) in [5.74, 6) is 3.76. The zero-order valence-corrected chi connectivity index (χ0v) is 59.3. The Morgan fingerprint density at radius 2 is 0.547 bits per heavy atom. The standard InChI is InChI=1S/2C46H26N4OS2/c1-2-12-27(13-3-1)43-48-44(29-15-8-14-28(26-29)30-17-9-18-32-31-16-4-6-23-37(31)51-41(30)32)50-45(49-43)34-20-11-25-39-40(34)33-19-10-21-35(42(33)52-39)46-47-36-22-5-7-24-38(36)53-46;1-2-11-28(12-3-1)43-48-44(29-25-23-27(24-26-29)30-14-8-15-32-31-13-4-6-20-37(31)51-41(30)32)50-45(49-43)34-17-10-22-39-40(34)33-16-9-18-35(42(33)52-39)46-47-36-19-5-7-21-38(36)53-46/h2*1-26H. The van der Waals surface area contributed by atoms with Crippen molar-refractivity contribution in [2.45, 2.75) is 0 Å². The van der Waals surface area contributed by atoms with Gasteiger partial charge in [-0.1, -0.05) is 261 Å². The molecule has 22 rings (SSSR count). The van der Waals surface area contributed by atoms with E-state index in [4.69, 9.17) is 48.7 Å². The van der Waals surface area contributed by atoms with Crippen molar-refractivity contribution < 1.29 is 8.83 Å². The highest BCUT2D eigenvalue weighted by Crippen LogP contribution is 2.48. The molecule has 0 atom stereocenters. The summed E-state index contributed by atoms with van der Waals surface area (Å²) in [6, 6.07) is 109. The molecule has 0 aliphatic rings. The lowest BCUT2D eigenvalue weighted by Gasteiger charge is -2.11. The number of furan rings is 2. The first-order valence-corrected chi connectivity index (χ1v) is 38.0. The Kier molecular flexibility index (Phi) is 14.8. The molecule has 8 heterocycles. The van der Waals surface area contributed by atoms with E-state index in [1.54, 1.807) is 45.3 Å². The summed E-state index contributed by atoms with van der Waals surface area (Å²) in [5.41, 5.74) is 17.7. The lowest BCUT2D eigenvalue weighted by molar-refractivity contribution is 0.669. The highest BCUT2D eigenvalue weighted by atomic mass is 32.1.